The van der Waals surface area contributed by atoms with Crippen LogP contribution in [0.2, 0.25) is 0 Å². The number of carbonyl (C=O) groups excluding carboxylic acids is 2. The van der Waals surface area contributed by atoms with E-state index < -0.39 is 22.4 Å². The number of aldehydes is 1. The maximum Gasteiger partial charge on any atom is 0.305 e. The van der Waals surface area contributed by atoms with Gasteiger partial charge in [-0.15, -0.1) is 0 Å². The molecule has 0 saturated carbocycles. The molecule has 0 saturated heterocycles. The van der Waals surface area contributed by atoms with E-state index in [1.54, 1.807) is 6.92 Å². The fourth-order valence-corrected chi connectivity index (χ4v) is 1.55. The normalized spacial score (nSPS) is 10.0. The third kappa shape index (κ3) is 4.83. The molecule has 0 spiro atoms. The Morgan fingerprint density at radius 3 is 2.76 bits per heavy atom. The zero-order valence-electron chi connectivity index (χ0n) is 11.3. The third-order valence-corrected chi connectivity index (χ3v) is 2.49. The number of carbonyl (C=O) groups is 2. The molecular formula is C13H14FNO6. The molecule has 1 aromatic carbocycles. The molecule has 0 bridgehead atoms. The van der Waals surface area contributed by atoms with Crippen molar-refractivity contribution in [1.29, 1.82) is 0 Å². The molecule has 8 heteroatoms. The van der Waals surface area contributed by atoms with Gasteiger partial charge in [0.05, 0.1) is 29.8 Å². The van der Waals surface area contributed by atoms with Crippen molar-refractivity contribution < 1.29 is 28.4 Å². The lowest BCUT2D eigenvalue weighted by Crippen LogP contribution is -2.07. The monoisotopic (exact) mass is 299 g/mol. The van der Waals surface area contributed by atoms with Gasteiger partial charge in [0.25, 0.3) is 5.69 Å². The zero-order valence-corrected chi connectivity index (χ0v) is 11.3. The van der Waals surface area contributed by atoms with Crippen LogP contribution in [0.15, 0.2) is 12.1 Å². The van der Waals surface area contributed by atoms with E-state index in [1.165, 1.54) is 0 Å². The number of hydrogen-bond donors (Lipinski definition) is 0. The lowest BCUT2D eigenvalue weighted by molar-refractivity contribution is -0.385. The zero-order chi connectivity index (χ0) is 15.8. The van der Waals surface area contributed by atoms with Gasteiger partial charge < -0.3 is 9.47 Å². The predicted molar refractivity (Wildman–Crippen MR) is 69.8 cm³/mol. The molecule has 0 fully saturated rings. The van der Waals surface area contributed by atoms with Crippen LogP contribution >= 0.6 is 0 Å². The Morgan fingerprint density at radius 1 is 1.48 bits per heavy atom. The second-order valence-corrected chi connectivity index (χ2v) is 3.97. The van der Waals surface area contributed by atoms with Gasteiger partial charge in [0, 0.05) is 6.42 Å². The van der Waals surface area contributed by atoms with Gasteiger partial charge >= 0.3 is 5.97 Å². The van der Waals surface area contributed by atoms with Crippen LogP contribution in [0.25, 0.3) is 0 Å². The highest BCUT2D eigenvalue weighted by Gasteiger charge is 2.18. The van der Waals surface area contributed by atoms with Crippen molar-refractivity contribution >= 4 is 17.9 Å². The first-order valence-corrected chi connectivity index (χ1v) is 6.21. The smallest absolute Gasteiger partial charge is 0.305 e. The summed E-state index contributed by atoms with van der Waals surface area (Å²) in [4.78, 5) is 31.6. The molecule has 21 heavy (non-hydrogen) atoms. The SMILES string of the molecule is CCOC(=O)CCCOc1cc([N+](=O)[O-])c(C=O)cc1F. The Kier molecular flexibility index (Phi) is 6.25. The van der Waals surface area contributed by atoms with Gasteiger partial charge in [-0.2, -0.15) is 0 Å². The number of nitro groups is 1. The van der Waals surface area contributed by atoms with Crippen molar-refractivity contribution in [2.24, 2.45) is 0 Å². The molecule has 114 valence electrons. The Labute approximate surface area is 119 Å². The van der Waals surface area contributed by atoms with E-state index in [9.17, 15) is 24.1 Å². The Morgan fingerprint density at radius 2 is 2.19 bits per heavy atom. The van der Waals surface area contributed by atoms with Crippen LogP contribution in [-0.4, -0.2) is 30.4 Å². The molecule has 0 aromatic heterocycles. The van der Waals surface area contributed by atoms with Gasteiger partial charge in [0.2, 0.25) is 0 Å². The van der Waals surface area contributed by atoms with Gasteiger partial charge in [0.1, 0.15) is 0 Å². The average Bonchev–Trinajstić information content (AvgIpc) is 2.44. The maximum absolute atomic E-state index is 13.6. The topological polar surface area (TPSA) is 95.7 Å². The van der Waals surface area contributed by atoms with Crippen LogP contribution in [0.3, 0.4) is 0 Å². The Hall–Kier alpha value is -2.51. The van der Waals surface area contributed by atoms with Gasteiger partial charge in [-0.25, -0.2) is 4.39 Å². The molecule has 7 nitrogen and oxygen atoms in total. The number of nitrogens with zero attached hydrogens (tertiary/aromatic N) is 1. The van der Waals surface area contributed by atoms with Crippen LogP contribution in [0.5, 0.6) is 5.75 Å². The van der Waals surface area contributed by atoms with E-state index in [0.29, 0.717) is 0 Å². The van der Waals surface area contributed by atoms with Crippen molar-refractivity contribution in [3.8, 4) is 5.75 Å². The minimum absolute atomic E-state index is 0.00662. The van der Waals surface area contributed by atoms with Gasteiger partial charge in [-0.3, -0.25) is 19.7 Å². The molecule has 0 aliphatic carbocycles. The standard InChI is InChI=1S/C13H14FNO6/c1-2-20-13(17)4-3-5-21-12-7-11(15(18)19)9(8-16)6-10(12)14/h6-8H,2-5H2,1H3. The lowest BCUT2D eigenvalue weighted by Gasteiger charge is -2.08. The number of esters is 1. The summed E-state index contributed by atoms with van der Waals surface area (Å²) in [5.74, 6) is -1.61. The summed E-state index contributed by atoms with van der Waals surface area (Å²) in [5, 5.41) is 10.7. The molecule has 0 atom stereocenters. The molecule has 1 rings (SSSR count). The molecule has 0 radical (unpaired) electrons. The van der Waals surface area contributed by atoms with Crippen LogP contribution in [0.4, 0.5) is 10.1 Å². The summed E-state index contributed by atoms with van der Waals surface area (Å²) in [7, 11) is 0. The fourth-order valence-electron chi connectivity index (χ4n) is 1.55. The molecule has 0 aliphatic rings. The Bertz CT molecular complexity index is 546. The highest BCUT2D eigenvalue weighted by atomic mass is 19.1. The molecule has 0 aliphatic heterocycles. The summed E-state index contributed by atoms with van der Waals surface area (Å²) >= 11 is 0. The summed E-state index contributed by atoms with van der Waals surface area (Å²) in [6.45, 7) is 1.94. The number of hydrogen-bond acceptors (Lipinski definition) is 6. The van der Waals surface area contributed by atoms with E-state index in [-0.39, 0.29) is 43.7 Å². The summed E-state index contributed by atoms with van der Waals surface area (Å²) in [5.41, 5.74) is -0.900. The first-order valence-electron chi connectivity index (χ1n) is 6.21. The molecule has 0 amide bonds. The largest absolute Gasteiger partial charge is 0.490 e. The molecule has 1 aromatic rings. The van der Waals surface area contributed by atoms with Gasteiger partial charge in [-0.1, -0.05) is 0 Å². The van der Waals surface area contributed by atoms with Crippen LogP contribution in [0.1, 0.15) is 30.1 Å². The van der Waals surface area contributed by atoms with E-state index in [4.69, 9.17) is 9.47 Å². The number of ether oxygens (including phenoxy) is 2. The fraction of sp³-hybridized carbons (Fsp3) is 0.385. The Balaban J connectivity index is 2.67. The predicted octanol–water partition coefficient (Wildman–Crippen LogP) is 2.27. The van der Waals surface area contributed by atoms with Crippen molar-refractivity contribution in [2.75, 3.05) is 13.2 Å². The minimum atomic E-state index is -0.876. The number of halogens is 1. The second kappa shape index (κ2) is 7.93. The van der Waals surface area contributed by atoms with Gasteiger partial charge in [-0.05, 0) is 19.4 Å². The van der Waals surface area contributed by atoms with E-state index in [2.05, 4.69) is 0 Å². The molecule has 0 unspecified atom stereocenters. The second-order valence-electron chi connectivity index (χ2n) is 3.97. The van der Waals surface area contributed by atoms with Crippen LogP contribution in [0, 0.1) is 15.9 Å². The lowest BCUT2D eigenvalue weighted by atomic mass is 10.2. The van der Waals surface area contributed by atoms with Crippen LogP contribution in [-0.2, 0) is 9.53 Å². The highest BCUT2D eigenvalue weighted by Crippen LogP contribution is 2.27. The quantitative estimate of drug-likeness (QED) is 0.240. The van der Waals surface area contributed by atoms with Gasteiger partial charge in [0.15, 0.2) is 17.9 Å². The van der Waals surface area contributed by atoms with Crippen molar-refractivity contribution in [3.05, 3.63) is 33.6 Å². The summed E-state index contributed by atoms with van der Waals surface area (Å²) < 4.78 is 23.3. The molecule has 0 heterocycles. The number of nitro benzene ring substituents is 1. The first kappa shape index (κ1) is 16.5. The van der Waals surface area contributed by atoms with E-state index >= 15 is 0 Å². The summed E-state index contributed by atoms with van der Waals surface area (Å²) in [6.07, 6.45) is 0.581. The van der Waals surface area contributed by atoms with E-state index in [1.807, 2.05) is 0 Å². The van der Waals surface area contributed by atoms with Crippen molar-refractivity contribution in [2.45, 2.75) is 19.8 Å². The molecular weight excluding hydrogens is 285 g/mol. The maximum atomic E-state index is 13.6. The van der Waals surface area contributed by atoms with Crippen LogP contribution < -0.4 is 4.74 Å². The highest BCUT2D eigenvalue weighted by molar-refractivity contribution is 5.82. The number of benzene rings is 1. The van der Waals surface area contributed by atoms with Crippen molar-refractivity contribution in [1.82, 2.24) is 0 Å². The van der Waals surface area contributed by atoms with Crippen molar-refractivity contribution in [3.63, 3.8) is 0 Å². The first-order chi connectivity index (χ1) is 9.99. The average molecular weight is 299 g/mol. The van der Waals surface area contributed by atoms with E-state index in [0.717, 1.165) is 12.1 Å². The molecule has 0 N–H and O–H groups in total. The number of rotatable bonds is 8. The minimum Gasteiger partial charge on any atom is -0.490 e. The summed E-state index contributed by atoms with van der Waals surface area (Å²) in [6, 6.07) is 1.59. The third-order valence-electron chi connectivity index (χ3n) is 2.49.